The zero-order valence-electron chi connectivity index (χ0n) is 17.7. The van der Waals surface area contributed by atoms with Crippen molar-refractivity contribution in [2.24, 2.45) is 10.9 Å². The van der Waals surface area contributed by atoms with E-state index >= 15 is 0 Å². The molecule has 1 aliphatic rings. The van der Waals surface area contributed by atoms with Crippen molar-refractivity contribution in [1.29, 1.82) is 0 Å². The number of hydrogen-bond acceptors (Lipinski definition) is 3. The van der Waals surface area contributed by atoms with Crippen LogP contribution in [0.25, 0.3) is 0 Å². The van der Waals surface area contributed by atoms with Gasteiger partial charge < -0.3 is 10.6 Å². The van der Waals surface area contributed by atoms with Gasteiger partial charge in [0.05, 0.1) is 6.54 Å². The van der Waals surface area contributed by atoms with Gasteiger partial charge in [-0.2, -0.15) is 0 Å². The third-order valence-corrected chi connectivity index (χ3v) is 5.29. The molecule has 0 saturated carbocycles. The normalized spacial score (nSPS) is 15.4. The van der Waals surface area contributed by atoms with Gasteiger partial charge in [-0.25, -0.2) is 0 Å². The lowest BCUT2D eigenvalue weighted by atomic mass is 9.99. The van der Waals surface area contributed by atoms with E-state index in [2.05, 4.69) is 41.6 Å². The van der Waals surface area contributed by atoms with E-state index in [1.807, 2.05) is 0 Å². The highest BCUT2D eigenvalue weighted by Crippen LogP contribution is 2.14. The van der Waals surface area contributed by atoms with Crippen molar-refractivity contribution in [3.63, 3.8) is 0 Å². The van der Waals surface area contributed by atoms with Crippen molar-refractivity contribution in [3.8, 4) is 0 Å². The summed E-state index contributed by atoms with van der Waals surface area (Å²) in [7, 11) is 0. The van der Waals surface area contributed by atoms with E-state index in [1.165, 1.54) is 89.3 Å². The monoisotopic (exact) mass is 363 g/mol. The molecule has 1 unspecified atom stereocenters. The molecule has 0 aliphatic carbocycles. The summed E-state index contributed by atoms with van der Waals surface area (Å²) in [6.45, 7) is 8.58. The van der Waals surface area contributed by atoms with Crippen molar-refractivity contribution in [3.05, 3.63) is 12.2 Å². The molecule has 152 valence electrons. The molecule has 0 spiro atoms. The fourth-order valence-corrected chi connectivity index (χ4v) is 3.63. The minimum absolute atomic E-state index is 0.592. The van der Waals surface area contributed by atoms with Crippen molar-refractivity contribution < 1.29 is 0 Å². The molecule has 1 atom stereocenters. The Morgan fingerprint density at radius 3 is 2.19 bits per heavy atom. The minimum atomic E-state index is 0.592. The first-order chi connectivity index (χ1) is 12.9. The number of nitrogens with zero attached hydrogens (tertiary/aromatic N) is 1. The van der Waals surface area contributed by atoms with E-state index in [9.17, 15) is 0 Å². The predicted molar refractivity (Wildman–Crippen MR) is 117 cm³/mol. The highest BCUT2D eigenvalue weighted by atomic mass is 15.1. The second-order valence-corrected chi connectivity index (χ2v) is 7.72. The van der Waals surface area contributed by atoms with Crippen LogP contribution in [0, 0.1) is 5.92 Å². The van der Waals surface area contributed by atoms with Gasteiger partial charge >= 0.3 is 0 Å². The van der Waals surface area contributed by atoms with E-state index in [4.69, 9.17) is 0 Å². The molecule has 3 nitrogen and oxygen atoms in total. The number of unbranched alkanes of at least 4 members (excludes halogenated alkanes) is 10. The number of allylic oxidation sites excluding steroid dienone is 2. The molecule has 0 amide bonds. The van der Waals surface area contributed by atoms with Crippen LogP contribution in [0.2, 0.25) is 0 Å². The van der Waals surface area contributed by atoms with Crippen molar-refractivity contribution in [2.75, 3.05) is 26.2 Å². The van der Waals surface area contributed by atoms with Gasteiger partial charge in [0.15, 0.2) is 0 Å². The molecule has 1 rings (SSSR count). The minimum Gasteiger partial charge on any atom is -0.372 e. The van der Waals surface area contributed by atoms with Crippen LogP contribution in [0.3, 0.4) is 0 Å². The largest absolute Gasteiger partial charge is 0.372 e. The molecule has 0 fully saturated rings. The quantitative estimate of drug-likeness (QED) is 0.236. The molecule has 0 radical (unpaired) electrons. The third kappa shape index (κ3) is 12.5. The van der Waals surface area contributed by atoms with Crippen LogP contribution >= 0.6 is 0 Å². The molecule has 1 heterocycles. The number of hydrogen-bond donors (Lipinski definition) is 2. The summed E-state index contributed by atoms with van der Waals surface area (Å²) < 4.78 is 0. The lowest BCUT2D eigenvalue weighted by Gasteiger charge is -2.17. The Labute approximate surface area is 163 Å². The summed E-state index contributed by atoms with van der Waals surface area (Å²) in [5.74, 6) is 1.85. The number of aliphatic imine (C=N–C) groups is 1. The highest BCUT2D eigenvalue weighted by Gasteiger charge is 2.17. The van der Waals surface area contributed by atoms with E-state index in [-0.39, 0.29) is 0 Å². The Balaban J connectivity index is 1.93. The maximum absolute atomic E-state index is 4.63. The summed E-state index contributed by atoms with van der Waals surface area (Å²) in [4.78, 5) is 4.63. The SMILES string of the molecule is CCCCCCCC/C=C\CCCCCCC(CNCC)C1=NCCN1. The maximum atomic E-state index is 4.63. The molecular formula is C23H45N3. The lowest BCUT2D eigenvalue weighted by molar-refractivity contribution is 0.509. The molecule has 0 saturated heterocycles. The first-order valence-corrected chi connectivity index (χ1v) is 11.5. The van der Waals surface area contributed by atoms with Crippen LogP contribution in [0.5, 0.6) is 0 Å². The Morgan fingerprint density at radius 2 is 1.58 bits per heavy atom. The van der Waals surface area contributed by atoms with Gasteiger partial charge in [-0.15, -0.1) is 0 Å². The molecule has 1 aliphatic heterocycles. The standard InChI is InChI=1S/C23H45N3/c1-3-5-6-7-8-9-10-11-12-13-14-15-16-17-18-22(21-24-4-2)23-25-19-20-26-23/h11-12,22,24H,3-10,13-21H2,1-2H3,(H,25,26)/b12-11-. The summed E-state index contributed by atoms with van der Waals surface area (Å²) in [5.41, 5.74) is 0. The average molecular weight is 364 g/mol. The molecule has 0 aromatic carbocycles. The highest BCUT2D eigenvalue weighted by molar-refractivity contribution is 5.86. The van der Waals surface area contributed by atoms with Crippen LogP contribution in [0.1, 0.15) is 97.3 Å². The van der Waals surface area contributed by atoms with Gasteiger partial charge in [0.1, 0.15) is 5.84 Å². The van der Waals surface area contributed by atoms with Gasteiger partial charge in [-0.3, -0.25) is 4.99 Å². The van der Waals surface area contributed by atoms with E-state index < -0.39 is 0 Å². The van der Waals surface area contributed by atoms with Crippen molar-refractivity contribution in [2.45, 2.75) is 97.3 Å². The van der Waals surface area contributed by atoms with Crippen LogP contribution in [0.15, 0.2) is 17.1 Å². The Morgan fingerprint density at radius 1 is 0.923 bits per heavy atom. The molecule has 26 heavy (non-hydrogen) atoms. The van der Waals surface area contributed by atoms with Gasteiger partial charge in [0.25, 0.3) is 0 Å². The van der Waals surface area contributed by atoms with Gasteiger partial charge in [-0.1, -0.05) is 77.4 Å². The molecule has 0 aromatic heterocycles. The second-order valence-electron chi connectivity index (χ2n) is 7.72. The van der Waals surface area contributed by atoms with Crippen LogP contribution < -0.4 is 10.6 Å². The van der Waals surface area contributed by atoms with Gasteiger partial charge in [-0.05, 0) is 38.6 Å². The summed E-state index contributed by atoms with van der Waals surface area (Å²) in [6.07, 6.45) is 22.5. The number of amidine groups is 1. The second kappa shape index (κ2) is 17.6. The number of rotatable bonds is 18. The van der Waals surface area contributed by atoms with E-state index in [0.717, 1.165) is 26.2 Å². The topological polar surface area (TPSA) is 36.4 Å². The smallest absolute Gasteiger partial charge is 0.101 e. The fraction of sp³-hybridized carbons (Fsp3) is 0.870. The summed E-state index contributed by atoms with van der Waals surface area (Å²) in [5, 5.41) is 6.96. The third-order valence-electron chi connectivity index (χ3n) is 5.29. The first-order valence-electron chi connectivity index (χ1n) is 11.5. The van der Waals surface area contributed by atoms with Crippen LogP contribution in [0.4, 0.5) is 0 Å². The van der Waals surface area contributed by atoms with Gasteiger partial charge in [0, 0.05) is 19.0 Å². The molecular weight excluding hydrogens is 318 g/mol. The molecule has 2 N–H and O–H groups in total. The Kier molecular flexibility index (Phi) is 15.7. The zero-order valence-corrected chi connectivity index (χ0v) is 17.7. The molecule has 0 aromatic rings. The van der Waals surface area contributed by atoms with Crippen LogP contribution in [-0.2, 0) is 0 Å². The Bertz CT molecular complexity index is 362. The predicted octanol–water partition coefficient (Wildman–Crippen LogP) is 5.86. The van der Waals surface area contributed by atoms with Crippen LogP contribution in [-0.4, -0.2) is 32.0 Å². The van der Waals surface area contributed by atoms with E-state index in [0.29, 0.717) is 5.92 Å². The lowest BCUT2D eigenvalue weighted by Crippen LogP contribution is -2.34. The number of nitrogens with one attached hydrogen (secondary N) is 2. The summed E-state index contributed by atoms with van der Waals surface area (Å²) >= 11 is 0. The zero-order chi connectivity index (χ0) is 18.7. The molecule has 3 heteroatoms. The Hall–Kier alpha value is -0.830. The summed E-state index contributed by atoms with van der Waals surface area (Å²) in [6, 6.07) is 0. The first kappa shape index (κ1) is 23.2. The molecule has 0 bridgehead atoms. The average Bonchev–Trinajstić information content (AvgIpc) is 3.19. The maximum Gasteiger partial charge on any atom is 0.101 e. The van der Waals surface area contributed by atoms with Gasteiger partial charge in [0.2, 0.25) is 0 Å². The fourth-order valence-electron chi connectivity index (χ4n) is 3.63. The van der Waals surface area contributed by atoms with Crippen molar-refractivity contribution >= 4 is 5.84 Å². The van der Waals surface area contributed by atoms with E-state index in [1.54, 1.807) is 0 Å². The van der Waals surface area contributed by atoms with Crippen molar-refractivity contribution in [1.82, 2.24) is 10.6 Å².